The normalized spacial score (nSPS) is 52.3. The van der Waals surface area contributed by atoms with Crippen molar-refractivity contribution in [2.45, 2.75) is 190 Å². The lowest BCUT2D eigenvalue weighted by Crippen LogP contribution is -2.72. The molecule has 8 aliphatic carbocycles. The van der Waals surface area contributed by atoms with Gasteiger partial charge < -0.3 is 0 Å². The maximum Gasteiger partial charge on any atom is 0.0274 e. The number of alkyl halides is 2. The third-order valence-electron chi connectivity index (χ3n) is 13.8. The highest BCUT2D eigenvalue weighted by molar-refractivity contribution is 9.10. The van der Waals surface area contributed by atoms with E-state index in [0.717, 1.165) is 0 Å². The molecule has 2 heteroatoms. The van der Waals surface area contributed by atoms with Crippen LogP contribution in [0.15, 0.2) is 0 Å². The fourth-order valence-electron chi connectivity index (χ4n) is 14.3. The maximum atomic E-state index is 4.64. The summed E-state index contributed by atoms with van der Waals surface area (Å²) in [5.41, 5.74) is 3.66. The van der Waals surface area contributed by atoms with Crippen LogP contribution in [0, 0.1) is 32.5 Å². The summed E-state index contributed by atoms with van der Waals surface area (Å²) in [4.78, 5) is 0. The molecule has 0 aromatic heterocycles. The molecule has 0 radical (unpaired) electrons. The van der Waals surface area contributed by atoms with Gasteiger partial charge in [0, 0.05) is 8.65 Å². The number of hydrogen-bond acceptors (Lipinski definition) is 0. The van der Waals surface area contributed by atoms with E-state index in [2.05, 4.69) is 59.6 Å². The second kappa shape index (κ2) is 9.74. The molecule has 0 aromatic rings. The Balaban J connectivity index is 1.46. The predicted molar refractivity (Wildman–Crippen MR) is 171 cm³/mol. The summed E-state index contributed by atoms with van der Waals surface area (Å²) < 4.78 is 0.860. The number of unbranched alkanes of at least 4 members (excludes halogenated alkanes) is 4. The van der Waals surface area contributed by atoms with E-state index in [1.54, 1.807) is 38.5 Å². The van der Waals surface area contributed by atoms with Gasteiger partial charge in [0.05, 0.1) is 0 Å². The molecule has 8 aliphatic rings. The van der Waals surface area contributed by atoms with E-state index in [4.69, 9.17) is 0 Å². The van der Waals surface area contributed by atoms with Gasteiger partial charge in [-0.25, -0.2) is 0 Å². The molecule has 8 fully saturated rings. The zero-order valence-electron chi connectivity index (χ0n) is 25.7. The van der Waals surface area contributed by atoms with E-state index in [0.29, 0.717) is 41.1 Å². The van der Waals surface area contributed by atoms with E-state index < -0.39 is 0 Å². The van der Waals surface area contributed by atoms with Gasteiger partial charge in [0.1, 0.15) is 0 Å². The van der Waals surface area contributed by atoms with Crippen LogP contribution >= 0.6 is 31.9 Å². The third kappa shape index (κ3) is 4.60. The van der Waals surface area contributed by atoms with E-state index in [1.807, 2.05) is 0 Å². The first kappa shape index (κ1) is 29.1. The summed E-state index contributed by atoms with van der Waals surface area (Å²) >= 11 is 9.28. The highest BCUT2D eigenvalue weighted by atomic mass is 79.9. The molecule has 0 amide bonds. The summed E-state index contributed by atoms with van der Waals surface area (Å²) in [5, 5.41) is 0. The lowest BCUT2D eigenvalue weighted by molar-refractivity contribution is -0.266. The van der Waals surface area contributed by atoms with Crippen molar-refractivity contribution in [2.24, 2.45) is 32.5 Å². The second-order valence-corrected chi connectivity index (χ2v) is 20.8. The van der Waals surface area contributed by atoms with Gasteiger partial charge in [-0.3, -0.25) is 0 Å². The molecule has 8 saturated carbocycles. The van der Waals surface area contributed by atoms with E-state index in [9.17, 15) is 0 Å². The van der Waals surface area contributed by atoms with Crippen molar-refractivity contribution in [2.75, 3.05) is 0 Å². The average molecular weight is 653 g/mol. The molecule has 0 spiro atoms. The fraction of sp³-hybridized carbons (Fsp3) is 1.00. The van der Waals surface area contributed by atoms with Crippen LogP contribution in [0.25, 0.3) is 0 Å². The van der Waals surface area contributed by atoms with Crippen molar-refractivity contribution >= 4 is 31.9 Å². The first-order valence-corrected chi connectivity index (χ1v) is 18.9. The molecule has 0 nitrogen and oxygen atoms in total. The largest absolute Gasteiger partial charge is 0.0853 e. The molecule has 8 rings (SSSR count). The molecule has 4 unspecified atom stereocenters. The zero-order chi connectivity index (χ0) is 27.0. The van der Waals surface area contributed by atoms with Crippen LogP contribution < -0.4 is 0 Å². The quantitative estimate of drug-likeness (QED) is 0.174. The minimum Gasteiger partial charge on any atom is -0.0853 e. The van der Waals surface area contributed by atoms with Crippen LogP contribution in [0.1, 0.15) is 182 Å². The molecule has 8 bridgehead atoms. The average Bonchev–Trinajstić information content (AvgIpc) is 2.81. The van der Waals surface area contributed by atoms with Crippen LogP contribution in [0.4, 0.5) is 0 Å². The van der Waals surface area contributed by atoms with Crippen molar-refractivity contribution in [3.8, 4) is 0 Å². The second-order valence-electron chi connectivity index (χ2n) is 17.4. The zero-order valence-corrected chi connectivity index (χ0v) is 28.9. The van der Waals surface area contributed by atoms with Gasteiger partial charge in [0.2, 0.25) is 0 Å². The third-order valence-corrected chi connectivity index (χ3v) is 15.5. The number of hydrogen-bond donors (Lipinski definition) is 0. The fourth-order valence-corrected chi connectivity index (χ4v) is 17.7. The standard InChI is InChI=1S/C36H60Br2/c1-5-9-13-29-17-30(14-10-6-2)20-33(19-29,27-35(37,23-29)24-30)34-21-31(15-11-7-3)18-32(22-34,16-12-8-4)26-36(38,25-31)28-34/h5-28H2,1-4H3. The SMILES string of the molecule is CCCCC12CC3(Br)CC(CCCC)(C1)CC(C14CC5(Br)CC(CCCC)(CC(CCCC)(C5)C1)C4)(C3)C2. The number of rotatable bonds is 13. The molecule has 0 N–H and O–H groups in total. The molecule has 38 heavy (non-hydrogen) atoms. The summed E-state index contributed by atoms with van der Waals surface area (Å²) in [6.45, 7) is 9.76. The molecule has 0 aliphatic heterocycles. The first-order chi connectivity index (χ1) is 18.0. The van der Waals surface area contributed by atoms with Crippen molar-refractivity contribution in [3.05, 3.63) is 0 Å². The van der Waals surface area contributed by atoms with Gasteiger partial charge in [0.25, 0.3) is 0 Å². The Morgan fingerprint density at radius 1 is 0.368 bits per heavy atom. The lowest BCUT2D eigenvalue weighted by atomic mass is 9.27. The van der Waals surface area contributed by atoms with Crippen LogP contribution in [0.2, 0.25) is 0 Å². The van der Waals surface area contributed by atoms with E-state index >= 15 is 0 Å². The first-order valence-electron chi connectivity index (χ1n) is 17.4. The lowest BCUT2D eigenvalue weighted by Gasteiger charge is -2.80. The van der Waals surface area contributed by atoms with Crippen LogP contribution in [0.5, 0.6) is 0 Å². The Morgan fingerprint density at radius 2 is 0.632 bits per heavy atom. The summed E-state index contributed by atoms with van der Waals surface area (Å²) in [7, 11) is 0. The Kier molecular flexibility index (Phi) is 7.45. The van der Waals surface area contributed by atoms with Gasteiger partial charge in [-0.1, -0.05) is 111 Å². The molecule has 218 valence electrons. The topological polar surface area (TPSA) is 0 Å². The molecule has 0 saturated heterocycles. The smallest absolute Gasteiger partial charge is 0.0274 e. The maximum absolute atomic E-state index is 4.64. The predicted octanol–water partition coefficient (Wildman–Crippen LogP) is 12.7. The molecule has 0 aromatic carbocycles. The number of halogens is 2. The Labute approximate surface area is 253 Å². The monoisotopic (exact) mass is 650 g/mol. The van der Waals surface area contributed by atoms with E-state index in [1.165, 1.54) is 116 Å². The Bertz CT molecular complexity index is 768. The van der Waals surface area contributed by atoms with Crippen molar-refractivity contribution < 1.29 is 0 Å². The van der Waals surface area contributed by atoms with Gasteiger partial charge in [-0.15, -0.1) is 0 Å². The van der Waals surface area contributed by atoms with Crippen LogP contribution in [0.3, 0.4) is 0 Å². The summed E-state index contributed by atoms with van der Waals surface area (Å²) in [5.74, 6) is 0. The van der Waals surface area contributed by atoms with Gasteiger partial charge in [-0.05, 0) is 135 Å². The Morgan fingerprint density at radius 3 is 0.868 bits per heavy atom. The van der Waals surface area contributed by atoms with Gasteiger partial charge in [-0.2, -0.15) is 0 Å². The van der Waals surface area contributed by atoms with Crippen LogP contribution in [-0.4, -0.2) is 8.65 Å². The summed E-state index contributed by atoms with van der Waals surface area (Å²) in [6, 6.07) is 0. The summed E-state index contributed by atoms with van der Waals surface area (Å²) in [6.07, 6.45) is 35.9. The van der Waals surface area contributed by atoms with Crippen molar-refractivity contribution in [3.63, 3.8) is 0 Å². The van der Waals surface area contributed by atoms with Crippen molar-refractivity contribution in [1.29, 1.82) is 0 Å². The minimum absolute atomic E-state index is 0.430. The molecular formula is C36H60Br2. The molecule has 4 atom stereocenters. The van der Waals surface area contributed by atoms with Crippen molar-refractivity contribution in [1.82, 2.24) is 0 Å². The van der Waals surface area contributed by atoms with Crippen LogP contribution in [-0.2, 0) is 0 Å². The molecular weight excluding hydrogens is 592 g/mol. The molecule has 0 heterocycles. The Hall–Kier alpha value is 0.960. The van der Waals surface area contributed by atoms with E-state index in [-0.39, 0.29) is 0 Å². The minimum atomic E-state index is 0.430. The highest BCUT2D eigenvalue weighted by Crippen LogP contribution is 2.86. The van der Waals surface area contributed by atoms with Gasteiger partial charge in [0.15, 0.2) is 0 Å². The highest BCUT2D eigenvalue weighted by Gasteiger charge is 2.77. The van der Waals surface area contributed by atoms with Gasteiger partial charge >= 0.3 is 0 Å².